The molecule has 0 unspecified atom stereocenters. The number of benzene rings is 2. The number of amides is 3. The molecule has 0 aromatic heterocycles. The van der Waals surface area contributed by atoms with Gasteiger partial charge in [-0.2, -0.15) is 0 Å². The summed E-state index contributed by atoms with van der Waals surface area (Å²) < 4.78 is 0. The van der Waals surface area contributed by atoms with Crippen molar-refractivity contribution in [1.82, 2.24) is 10.9 Å². The van der Waals surface area contributed by atoms with E-state index in [-0.39, 0.29) is 11.3 Å². The molecule has 4 N–H and O–H groups in total. The average molecular weight is 320 g/mol. The molecule has 0 aliphatic heterocycles. The molecule has 0 saturated heterocycles. The molecule has 6 nitrogen and oxygen atoms in total. The summed E-state index contributed by atoms with van der Waals surface area (Å²) in [5.74, 6) is -0.795. The number of urea groups is 1. The van der Waals surface area contributed by atoms with Gasteiger partial charge in [0, 0.05) is 10.7 Å². The van der Waals surface area contributed by atoms with Gasteiger partial charge in [0.05, 0.1) is 5.56 Å². The summed E-state index contributed by atoms with van der Waals surface area (Å²) in [6, 6.07) is 10.4. The van der Waals surface area contributed by atoms with E-state index in [1.807, 2.05) is 0 Å². The number of carbonyl (C=O) groups excluding carboxylic acids is 2. The Morgan fingerprint density at radius 3 is 2.50 bits per heavy atom. The Bertz CT molecular complexity index is 719. The maximum Gasteiger partial charge on any atom is 0.337 e. The maximum atomic E-state index is 11.8. The third-order valence-corrected chi connectivity index (χ3v) is 3.11. The van der Waals surface area contributed by atoms with E-state index in [1.165, 1.54) is 12.1 Å². The fourth-order valence-corrected chi connectivity index (χ4v) is 1.99. The zero-order valence-corrected chi connectivity index (χ0v) is 12.4. The van der Waals surface area contributed by atoms with Crippen molar-refractivity contribution in [2.45, 2.75) is 6.92 Å². The van der Waals surface area contributed by atoms with Crippen LogP contribution >= 0.6 is 11.6 Å². The number of rotatable bonds is 2. The minimum Gasteiger partial charge on any atom is -0.507 e. The van der Waals surface area contributed by atoms with Crippen LogP contribution in [0.15, 0.2) is 42.5 Å². The lowest BCUT2D eigenvalue weighted by Gasteiger charge is -2.11. The van der Waals surface area contributed by atoms with Crippen molar-refractivity contribution in [3.8, 4) is 5.75 Å². The summed E-state index contributed by atoms with van der Waals surface area (Å²) >= 11 is 5.83. The molecule has 7 heteroatoms. The van der Waals surface area contributed by atoms with Crippen molar-refractivity contribution in [2.24, 2.45) is 0 Å². The number of hydrogen-bond acceptors (Lipinski definition) is 3. The van der Waals surface area contributed by atoms with E-state index < -0.39 is 11.9 Å². The van der Waals surface area contributed by atoms with Gasteiger partial charge in [0.15, 0.2) is 0 Å². The minimum absolute atomic E-state index is 0.0606. The molecule has 0 aliphatic rings. The third kappa shape index (κ3) is 3.89. The van der Waals surface area contributed by atoms with Gasteiger partial charge < -0.3 is 10.4 Å². The fraction of sp³-hybridized carbons (Fsp3) is 0.0667. The van der Waals surface area contributed by atoms with Crippen molar-refractivity contribution in [2.75, 3.05) is 5.32 Å². The number of carbonyl (C=O) groups is 2. The molecular weight excluding hydrogens is 306 g/mol. The van der Waals surface area contributed by atoms with E-state index in [2.05, 4.69) is 16.2 Å². The molecule has 0 radical (unpaired) electrons. The number of hydrazine groups is 1. The Labute approximate surface area is 132 Å². The molecule has 0 spiro atoms. The average Bonchev–Trinajstić information content (AvgIpc) is 2.48. The summed E-state index contributed by atoms with van der Waals surface area (Å²) in [6.07, 6.45) is 0. The molecule has 0 bridgehead atoms. The Hall–Kier alpha value is -2.73. The Balaban J connectivity index is 1.93. The van der Waals surface area contributed by atoms with Gasteiger partial charge in [-0.1, -0.05) is 23.7 Å². The van der Waals surface area contributed by atoms with E-state index in [0.717, 1.165) is 5.56 Å². The number of aryl methyl sites for hydroxylation is 1. The molecule has 0 fully saturated rings. The Morgan fingerprint density at radius 2 is 1.82 bits per heavy atom. The summed E-state index contributed by atoms with van der Waals surface area (Å²) in [5, 5.41) is 12.7. The van der Waals surface area contributed by atoms with E-state index in [1.54, 1.807) is 37.3 Å². The van der Waals surface area contributed by atoms with Crippen molar-refractivity contribution in [3.63, 3.8) is 0 Å². The van der Waals surface area contributed by atoms with E-state index >= 15 is 0 Å². The lowest BCUT2D eigenvalue weighted by molar-refractivity contribution is 0.0935. The first kappa shape index (κ1) is 15.7. The van der Waals surface area contributed by atoms with Crippen LogP contribution in [0.25, 0.3) is 0 Å². The van der Waals surface area contributed by atoms with Crippen LogP contribution in [0.2, 0.25) is 5.02 Å². The highest BCUT2D eigenvalue weighted by atomic mass is 35.5. The van der Waals surface area contributed by atoms with E-state index in [4.69, 9.17) is 11.6 Å². The molecule has 0 aliphatic carbocycles. The molecular formula is C15H14ClN3O3. The molecule has 2 aromatic carbocycles. The minimum atomic E-state index is -0.624. The first-order valence-electron chi connectivity index (χ1n) is 6.39. The number of phenolic OH excluding ortho intramolecular Hbond substituents is 1. The van der Waals surface area contributed by atoms with Crippen LogP contribution in [0.1, 0.15) is 15.9 Å². The molecule has 3 amide bonds. The van der Waals surface area contributed by atoms with Crippen LogP contribution in [0, 0.1) is 6.92 Å². The molecule has 114 valence electrons. The number of halogens is 1. The number of hydrogen-bond donors (Lipinski definition) is 4. The van der Waals surface area contributed by atoms with Crippen LogP contribution in [-0.4, -0.2) is 17.0 Å². The predicted molar refractivity (Wildman–Crippen MR) is 83.9 cm³/mol. The van der Waals surface area contributed by atoms with E-state index in [0.29, 0.717) is 10.7 Å². The first-order valence-corrected chi connectivity index (χ1v) is 6.76. The van der Waals surface area contributed by atoms with Crippen molar-refractivity contribution in [1.29, 1.82) is 0 Å². The fourth-order valence-electron chi connectivity index (χ4n) is 1.77. The van der Waals surface area contributed by atoms with Gasteiger partial charge in [-0.3, -0.25) is 10.2 Å². The molecule has 22 heavy (non-hydrogen) atoms. The first-order chi connectivity index (χ1) is 10.5. The van der Waals surface area contributed by atoms with Gasteiger partial charge in [0.2, 0.25) is 0 Å². The monoisotopic (exact) mass is 319 g/mol. The molecule has 2 aromatic rings. The highest BCUT2D eigenvalue weighted by molar-refractivity contribution is 6.30. The lowest BCUT2D eigenvalue weighted by Crippen LogP contribution is -2.44. The SMILES string of the molecule is Cc1cc(Cl)ccc1NC(=O)NNC(=O)c1ccccc1O. The summed E-state index contributed by atoms with van der Waals surface area (Å²) in [7, 11) is 0. The second-order valence-corrected chi connectivity index (χ2v) is 4.95. The van der Waals surface area contributed by atoms with Crippen LogP contribution in [0.3, 0.4) is 0 Å². The van der Waals surface area contributed by atoms with Gasteiger partial charge in [0.1, 0.15) is 5.75 Å². The topological polar surface area (TPSA) is 90.5 Å². The molecule has 0 heterocycles. The Morgan fingerprint density at radius 1 is 1.09 bits per heavy atom. The van der Waals surface area contributed by atoms with Crippen LogP contribution in [0.4, 0.5) is 10.5 Å². The second kappa shape index (κ2) is 6.82. The van der Waals surface area contributed by atoms with Crippen LogP contribution in [0.5, 0.6) is 5.75 Å². The summed E-state index contributed by atoms with van der Waals surface area (Å²) in [5.41, 5.74) is 5.82. The second-order valence-electron chi connectivity index (χ2n) is 4.51. The highest BCUT2D eigenvalue weighted by Crippen LogP contribution is 2.19. The normalized spacial score (nSPS) is 9.91. The number of phenols is 1. The molecule has 0 atom stereocenters. The standard InChI is InChI=1S/C15H14ClN3O3/c1-9-8-10(16)6-7-12(9)17-15(22)19-18-14(21)11-4-2-3-5-13(11)20/h2-8,20H,1H3,(H,18,21)(H2,17,19,22). The zero-order chi connectivity index (χ0) is 16.1. The quantitative estimate of drug-likeness (QED) is 0.642. The molecule has 0 saturated carbocycles. The van der Waals surface area contributed by atoms with Crippen LogP contribution in [-0.2, 0) is 0 Å². The maximum absolute atomic E-state index is 11.8. The highest BCUT2D eigenvalue weighted by Gasteiger charge is 2.11. The Kier molecular flexibility index (Phi) is 4.85. The number of anilines is 1. The van der Waals surface area contributed by atoms with Crippen molar-refractivity contribution >= 4 is 29.2 Å². The lowest BCUT2D eigenvalue weighted by atomic mass is 10.2. The smallest absolute Gasteiger partial charge is 0.337 e. The van der Waals surface area contributed by atoms with E-state index in [9.17, 15) is 14.7 Å². The van der Waals surface area contributed by atoms with Gasteiger partial charge in [0.25, 0.3) is 5.91 Å². The van der Waals surface area contributed by atoms with Gasteiger partial charge >= 0.3 is 6.03 Å². The van der Waals surface area contributed by atoms with Crippen molar-refractivity contribution in [3.05, 3.63) is 58.6 Å². The predicted octanol–water partition coefficient (Wildman–Crippen LogP) is 2.82. The van der Waals surface area contributed by atoms with Crippen molar-refractivity contribution < 1.29 is 14.7 Å². The third-order valence-electron chi connectivity index (χ3n) is 2.87. The number of aromatic hydroxyl groups is 1. The zero-order valence-electron chi connectivity index (χ0n) is 11.7. The molecule has 2 rings (SSSR count). The largest absolute Gasteiger partial charge is 0.507 e. The summed E-state index contributed by atoms with van der Waals surface area (Å²) in [4.78, 5) is 23.5. The van der Waals surface area contributed by atoms with Gasteiger partial charge in [-0.15, -0.1) is 0 Å². The van der Waals surface area contributed by atoms with Crippen LogP contribution < -0.4 is 16.2 Å². The van der Waals surface area contributed by atoms with Gasteiger partial charge in [-0.25, -0.2) is 10.2 Å². The van der Waals surface area contributed by atoms with Gasteiger partial charge in [-0.05, 0) is 42.8 Å². The number of para-hydroxylation sites is 1. The number of nitrogens with one attached hydrogen (secondary N) is 3. The summed E-state index contributed by atoms with van der Waals surface area (Å²) in [6.45, 7) is 1.79.